The van der Waals surface area contributed by atoms with Gasteiger partial charge < -0.3 is 14.8 Å². The van der Waals surface area contributed by atoms with Gasteiger partial charge in [-0.2, -0.15) is 0 Å². The van der Waals surface area contributed by atoms with E-state index < -0.39 is 0 Å². The highest BCUT2D eigenvalue weighted by atomic mass is 35.5. The molecule has 1 unspecified atom stereocenters. The summed E-state index contributed by atoms with van der Waals surface area (Å²) < 4.78 is 11.0. The standard InChI is InChI=1S/C20H24Cl2N2O2/c1-25-14-7-8-15(18(13-14)26-2)20(24-11-4-9-23-10-12-24)16-5-3-6-17(21)19(16)22/h3,5-8,13,20,23H,4,9-12H2,1-2H3. The molecule has 0 saturated carbocycles. The van der Waals surface area contributed by atoms with E-state index in [1.54, 1.807) is 14.2 Å². The predicted octanol–water partition coefficient (Wildman–Crippen LogP) is 4.40. The summed E-state index contributed by atoms with van der Waals surface area (Å²) in [6, 6.07) is 11.7. The Hall–Kier alpha value is -1.46. The minimum atomic E-state index is -0.0399. The molecule has 0 spiro atoms. The zero-order chi connectivity index (χ0) is 18.5. The van der Waals surface area contributed by atoms with Crippen LogP contribution in [0.3, 0.4) is 0 Å². The minimum Gasteiger partial charge on any atom is -0.497 e. The van der Waals surface area contributed by atoms with E-state index in [0.29, 0.717) is 10.0 Å². The smallest absolute Gasteiger partial charge is 0.127 e. The monoisotopic (exact) mass is 394 g/mol. The average molecular weight is 395 g/mol. The first-order valence-corrected chi connectivity index (χ1v) is 9.52. The molecule has 0 bridgehead atoms. The van der Waals surface area contributed by atoms with Crippen LogP contribution in [-0.4, -0.2) is 45.3 Å². The normalized spacial score (nSPS) is 16.8. The van der Waals surface area contributed by atoms with E-state index in [4.69, 9.17) is 32.7 Å². The fraction of sp³-hybridized carbons (Fsp3) is 0.400. The summed E-state index contributed by atoms with van der Waals surface area (Å²) >= 11 is 12.9. The van der Waals surface area contributed by atoms with Gasteiger partial charge in [0.2, 0.25) is 0 Å². The minimum absolute atomic E-state index is 0.0399. The van der Waals surface area contributed by atoms with Crippen LogP contribution in [0.5, 0.6) is 11.5 Å². The van der Waals surface area contributed by atoms with Crippen molar-refractivity contribution in [3.63, 3.8) is 0 Å². The van der Waals surface area contributed by atoms with Crippen LogP contribution in [0.2, 0.25) is 10.0 Å². The van der Waals surface area contributed by atoms with Gasteiger partial charge in [-0.1, -0.05) is 35.3 Å². The summed E-state index contributed by atoms with van der Waals surface area (Å²) in [5.41, 5.74) is 2.05. The Morgan fingerprint density at radius 2 is 1.85 bits per heavy atom. The van der Waals surface area contributed by atoms with Gasteiger partial charge in [-0.05, 0) is 36.7 Å². The van der Waals surface area contributed by atoms with Crippen molar-refractivity contribution < 1.29 is 9.47 Å². The molecule has 3 rings (SSSR count). The Morgan fingerprint density at radius 3 is 2.62 bits per heavy atom. The zero-order valence-corrected chi connectivity index (χ0v) is 16.6. The van der Waals surface area contributed by atoms with E-state index in [-0.39, 0.29) is 6.04 Å². The maximum absolute atomic E-state index is 6.61. The van der Waals surface area contributed by atoms with Crippen molar-refractivity contribution in [3.8, 4) is 11.5 Å². The second-order valence-corrected chi connectivity index (χ2v) is 7.08. The van der Waals surface area contributed by atoms with Crippen LogP contribution < -0.4 is 14.8 Å². The molecule has 26 heavy (non-hydrogen) atoms. The molecular weight excluding hydrogens is 371 g/mol. The van der Waals surface area contributed by atoms with Crippen LogP contribution in [-0.2, 0) is 0 Å². The van der Waals surface area contributed by atoms with E-state index in [2.05, 4.69) is 16.3 Å². The Morgan fingerprint density at radius 1 is 1.00 bits per heavy atom. The number of ether oxygens (including phenoxy) is 2. The maximum atomic E-state index is 6.61. The molecule has 1 atom stereocenters. The van der Waals surface area contributed by atoms with Gasteiger partial charge in [0.05, 0.1) is 30.3 Å². The van der Waals surface area contributed by atoms with Crippen molar-refractivity contribution >= 4 is 23.2 Å². The first-order chi connectivity index (χ1) is 12.7. The van der Waals surface area contributed by atoms with E-state index in [9.17, 15) is 0 Å². The molecule has 0 aromatic heterocycles. The van der Waals surface area contributed by atoms with Crippen LogP contribution in [0.15, 0.2) is 36.4 Å². The summed E-state index contributed by atoms with van der Waals surface area (Å²) in [7, 11) is 3.33. The molecule has 1 aliphatic heterocycles. The Bertz CT molecular complexity index is 747. The molecule has 1 fully saturated rings. The van der Waals surface area contributed by atoms with Crippen molar-refractivity contribution in [2.45, 2.75) is 12.5 Å². The van der Waals surface area contributed by atoms with Crippen LogP contribution in [0.25, 0.3) is 0 Å². The number of hydrogen-bond donors (Lipinski definition) is 1. The molecule has 0 radical (unpaired) electrons. The van der Waals surface area contributed by atoms with Crippen molar-refractivity contribution in [1.82, 2.24) is 10.2 Å². The van der Waals surface area contributed by atoms with Gasteiger partial charge in [-0.3, -0.25) is 4.90 Å². The molecule has 1 saturated heterocycles. The molecule has 2 aromatic carbocycles. The summed E-state index contributed by atoms with van der Waals surface area (Å²) in [4.78, 5) is 2.43. The lowest BCUT2D eigenvalue weighted by Crippen LogP contribution is -2.33. The van der Waals surface area contributed by atoms with Gasteiger partial charge in [0.1, 0.15) is 11.5 Å². The van der Waals surface area contributed by atoms with Crippen molar-refractivity contribution in [2.75, 3.05) is 40.4 Å². The number of benzene rings is 2. The molecular formula is C20H24Cl2N2O2. The third-order valence-corrected chi connectivity index (χ3v) is 5.58. The Kier molecular flexibility index (Phi) is 6.65. The first-order valence-electron chi connectivity index (χ1n) is 8.76. The fourth-order valence-electron chi connectivity index (χ4n) is 3.46. The highest BCUT2D eigenvalue weighted by Gasteiger charge is 2.28. The van der Waals surface area contributed by atoms with Crippen LogP contribution in [0, 0.1) is 0 Å². The van der Waals surface area contributed by atoms with Crippen LogP contribution in [0.1, 0.15) is 23.6 Å². The molecule has 2 aromatic rings. The van der Waals surface area contributed by atoms with Gasteiger partial charge in [0, 0.05) is 31.3 Å². The summed E-state index contributed by atoms with van der Waals surface area (Å²) in [6.07, 6.45) is 1.08. The molecule has 140 valence electrons. The van der Waals surface area contributed by atoms with Gasteiger partial charge in [0.25, 0.3) is 0 Å². The van der Waals surface area contributed by atoms with E-state index >= 15 is 0 Å². The number of hydrogen-bond acceptors (Lipinski definition) is 4. The second kappa shape index (κ2) is 8.96. The van der Waals surface area contributed by atoms with E-state index in [0.717, 1.165) is 55.2 Å². The van der Waals surface area contributed by atoms with E-state index in [1.165, 1.54) is 0 Å². The lowest BCUT2D eigenvalue weighted by Gasteiger charge is -2.33. The predicted molar refractivity (Wildman–Crippen MR) is 107 cm³/mol. The van der Waals surface area contributed by atoms with Gasteiger partial charge >= 0.3 is 0 Å². The van der Waals surface area contributed by atoms with Crippen molar-refractivity contribution in [1.29, 1.82) is 0 Å². The van der Waals surface area contributed by atoms with Crippen molar-refractivity contribution in [3.05, 3.63) is 57.6 Å². The molecule has 4 nitrogen and oxygen atoms in total. The van der Waals surface area contributed by atoms with Crippen LogP contribution in [0.4, 0.5) is 0 Å². The summed E-state index contributed by atoms with van der Waals surface area (Å²) in [5, 5.41) is 4.61. The Balaban J connectivity index is 2.13. The average Bonchev–Trinajstić information content (AvgIpc) is 2.95. The molecule has 0 amide bonds. The Labute approximate surface area is 165 Å². The number of rotatable bonds is 5. The van der Waals surface area contributed by atoms with Crippen molar-refractivity contribution in [2.24, 2.45) is 0 Å². The topological polar surface area (TPSA) is 33.7 Å². The fourth-order valence-corrected chi connectivity index (χ4v) is 3.87. The summed E-state index contributed by atoms with van der Waals surface area (Å²) in [6.45, 7) is 3.85. The van der Waals surface area contributed by atoms with E-state index in [1.807, 2.05) is 30.3 Å². The zero-order valence-electron chi connectivity index (χ0n) is 15.1. The first kappa shape index (κ1) is 19.3. The number of halogens is 2. The lowest BCUT2D eigenvalue weighted by molar-refractivity contribution is 0.236. The largest absolute Gasteiger partial charge is 0.497 e. The molecule has 1 N–H and O–H groups in total. The number of methoxy groups -OCH3 is 2. The third-order valence-electron chi connectivity index (χ3n) is 4.75. The van der Waals surface area contributed by atoms with Crippen LogP contribution >= 0.6 is 23.2 Å². The van der Waals surface area contributed by atoms with Gasteiger partial charge in [-0.25, -0.2) is 0 Å². The third kappa shape index (κ3) is 4.09. The molecule has 6 heteroatoms. The number of nitrogens with zero attached hydrogens (tertiary/aromatic N) is 1. The highest BCUT2D eigenvalue weighted by molar-refractivity contribution is 6.42. The highest BCUT2D eigenvalue weighted by Crippen LogP contribution is 2.41. The molecule has 1 heterocycles. The SMILES string of the molecule is COc1ccc(C(c2cccc(Cl)c2Cl)N2CCCNCC2)c(OC)c1. The number of nitrogens with one attached hydrogen (secondary N) is 1. The second-order valence-electron chi connectivity index (χ2n) is 6.29. The lowest BCUT2D eigenvalue weighted by atomic mass is 9.95. The van der Waals surface area contributed by atoms with Gasteiger partial charge in [-0.15, -0.1) is 0 Å². The summed E-state index contributed by atoms with van der Waals surface area (Å²) in [5.74, 6) is 1.54. The molecule has 0 aliphatic carbocycles. The quantitative estimate of drug-likeness (QED) is 0.814. The molecule has 1 aliphatic rings. The van der Waals surface area contributed by atoms with Gasteiger partial charge in [0.15, 0.2) is 0 Å². The maximum Gasteiger partial charge on any atom is 0.127 e.